The molecular formula is C19H19F3N4O5. The number of alkyl halides is 2. The minimum atomic E-state index is -3.51. The molecule has 12 heteroatoms. The summed E-state index contributed by atoms with van der Waals surface area (Å²) in [7, 11) is 0. The summed E-state index contributed by atoms with van der Waals surface area (Å²) in [5.74, 6) is -4.34. The monoisotopic (exact) mass is 440 g/mol. The first-order valence-electron chi connectivity index (χ1n) is 9.11. The van der Waals surface area contributed by atoms with Crippen molar-refractivity contribution in [1.29, 1.82) is 0 Å². The topological polar surface area (TPSA) is 140 Å². The number of nitrogens with one attached hydrogen (secondary N) is 1. The van der Waals surface area contributed by atoms with Gasteiger partial charge in [-0.15, -0.1) is 0 Å². The van der Waals surface area contributed by atoms with Crippen molar-refractivity contribution in [3.63, 3.8) is 0 Å². The summed E-state index contributed by atoms with van der Waals surface area (Å²) < 4.78 is 53.3. The number of anilines is 1. The van der Waals surface area contributed by atoms with Crippen LogP contribution in [-0.2, 0) is 15.1 Å². The lowest BCUT2D eigenvalue weighted by molar-refractivity contribution is -0.122. The van der Waals surface area contributed by atoms with E-state index in [0.29, 0.717) is 5.76 Å². The fraction of sp³-hybridized carbons (Fsp3) is 0.368. The van der Waals surface area contributed by atoms with Gasteiger partial charge in [-0.05, 0) is 38.0 Å². The van der Waals surface area contributed by atoms with Gasteiger partial charge in [-0.3, -0.25) is 9.59 Å². The van der Waals surface area contributed by atoms with Gasteiger partial charge in [0.15, 0.2) is 24.2 Å². The molecule has 2 aliphatic rings. The largest absolute Gasteiger partial charge is 0.483 e. The Labute approximate surface area is 174 Å². The van der Waals surface area contributed by atoms with Crippen molar-refractivity contribution < 1.29 is 37.0 Å². The molecule has 166 valence electrons. The molecule has 1 aliphatic heterocycles. The molecule has 2 heterocycles. The third kappa shape index (κ3) is 4.32. The van der Waals surface area contributed by atoms with Crippen LogP contribution in [0.5, 0.6) is 0 Å². The second-order valence-corrected chi connectivity index (χ2v) is 7.11. The van der Waals surface area contributed by atoms with E-state index in [-0.39, 0.29) is 23.8 Å². The standard InChI is InChI=1S/C18H17F3N4O3.CH2O2/c1-17(18(20,21)7-27-16(22)25-17)11-6-10(4-5-12(11)19)24-15(26)13-14(9-2-3-9)28-8-23-13;2-1-3/h4-6,8-9H,2-3,7H2,1H3,(H2,22,25)(H,24,26);1H,(H,2,3)/t17-;/m1./s1. The maximum atomic E-state index is 14.5. The van der Waals surface area contributed by atoms with Crippen molar-refractivity contribution in [2.24, 2.45) is 10.7 Å². The number of benzene rings is 1. The van der Waals surface area contributed by atoms with Crippen LogP contribution in [0.1, 0.15) is 47.5 Å². The van der Waals surface area contributed by atoms with Gasteiger partial charge in [0.2, 0.25) is 0 Å². The van der Waals surface area contributed by atoms with Gasteiger partial charge in [-0.25, -0.2) is 14.4 Å². The van der Waals surface area contributed by atoms with E-state index in [2.05, 4.69) is 20.0 Å². The van der Waals surface area contributed by atoms with E-state index in [1.54, 1.807) is 0 Å². The molecule has 4 N–H and O–H groups in total. The third-order valence-electron chi connectivity index (χ3n) is 4.95. The Hall–Kier alpha value is -3.57. The number of ether oxygens (including phenoxy) is 1. The van der Waals surface area contributed by atoms with Gasteiger partial charge in [0.1, 0.15) is 11.6 Å². The van der Waals surface area contributed by atoms with Crippen LogP contribution >= 0.6 is 0 Å². The van der Waals surface area contributed by atoms with Gasteiger partial charge in [0.25, 0.3) is 18.4 Å². The zero-order valence-corrected chi connectivity index (χ0v) is 16.3. The number of oxazole rings is 1. The summed E-state index contributed by atoms with van der Waals surface area (Å²) in [6.45, 7) is -0.215. The Morgan fingerprint density at radius 1 is 1.39 bits per heavy atom. The van der Waals surface area contributed by atoms with Crippen molar-refractivity contribution in [3.8, 4) is 0 Å². The van der Waals surface area contributed by atoms with E-state index < -0.39 is 41.4 Å². The average Bonchev–Trinajstić information content (AvgIpc) is 3.43. The zero-order chi connectivity index (χ0) is 22.8. The summed E-state index contributed by atoms with van der Waals surface area (Å²) in [4.78, 5) is 28.5. The molecule has 1 aliphatic carbocycles. The van der Waals surface area contributed by atoms with Crippen molar-refractivity contribution >= 4 is 24.1 Å². The lowest BCUT2D eigenvalue weighted by Gasteiger charge is -2.37. The van der Waals surface area contributed by atoms with Gasteiger partial charge in [0.05, 0.1) is 0 Å². The predicted octanol–water partition coefficient (Wildman–Crippen LogP) is 2.84. The molecule has 0 bridgehead atoms. The molecule has 1 aromatic heterocycles. The zero-order valence-electron chi connectivity index (χ0n) is 16.3. The predicted molar refractivity (Wildman–Crippen MR) is 101 cm³/mol. The number of aromatic nitrogens is 1. The summed E-state index contributed by atoms with van der Waals surface area (Å²) in [5.41, 5.74) is 2.98. The quantitative estimate of drug-likeness (QED) is 0.621. The lowest BCUT2D eigenvalue weighted by Crippen LogP contribution is -2.51. The molecular weight excluding hydrogens is 421 g/mol. The smallest absolute Gasteiger partial charge is 0.310 e. The molecule has 31 heavy (non-hydrogen) atoms. The normalized spacial score (nSPS) is 21.7. The summed E-state index contributed by atoms with van der Waals surface area (Å²) in [6, 6.07) is 2.90. The van der Waals surface area contributed by atoms with Crippen LogP contribution < -0.4 is 11.1 Å². The molecule has 1 atom stereocenters. The second kappa shape index (κ2) is 8.28. The molecule has 0 spiro atoms. The Morgan fingerprint density at radius 3 is 2.71 bits per heavy atom. The number of hydrogen-bond donors (Lipinski definition) is 3. The number of carbonyl (C=O) groups is 2. The van der Waals surface area contributed by atoms with E-state index in [9.17, 15) is 18.0 Å². The molecule has 4 rings (SSSR count). The fourth-order valence-corrected chi connectivity index (χ4v) is 3.12. The summed E-state index contributed by atoms with van der Waals surface area (Å²) in [6.07, 6.45) is 3.00. The molecule has 1 fully saturated rings. The minimum absolute atomic E-state index is 0.114. The number of halogens is 3. The third-order valence-corrected chi connectivity index (χ3v) is 4.95. The Kier molecular flexibility index (Phi) is 5.91. The number of carbonyl (C=O) groups excluding carboxylic acids is 1. The first-order chi connectivity index (χ1) is 14.6. The fourth-order valence-electron chi connectivity index (χ4n) is 3.12. The maximum absolute atomic E-state index is 14.5. The lowest BCUT2D eigenvalue weighted by atomic mass is 9.85. The number of amidine groups is 1. The molecule has 2 aromatic rings. The van der Waals surface area contributed by atoms with Crippen LogP contribution in [0.3, 0.4) is 0 Å². The van der Waals surface area contributed by atoms with E-state index in [1.807, 2.05) is 0 Å². The number of rotatable bonds is 4. The van der Waals surface area contributed by atoms with Crippen molar-refractivity contribution in [1.82, 2.24) is 4.98 Å². The molecule has 1 amide bonds. The average molecular weight is 440 g/mol. The maximum Gasteiger partial charge on any atom is 0.310 e. The van der Waals surface area contributed by atoms with Crippen molar-refractivity contribution in [2.45, 2.75) is 37.1 Å². The Bertz CT molecular complexity index is 1020. The number of aliphatic imine (C=N–C) groups is 1. The van der Waals surface area contributed by atoms with Crippen molar-refractivity contribution in [3.05, 3.63) is 47.4 Å². The second-order valence-electron chi connectivity index (χ2n) is 7.11. The molecule has 9 nitrogen and oxygen atoms in total. The van der Waals surface area contributed by atoms with Gasteiger partial charge in [-0.2, -0.15) is 8.78 Å². The Morgan fingerprint density at radius 2 is 2.06 bits per heavy atom. The van der Waals surface area contributed by atoms with Gasteiger partial charge < -0.3 is 25.3 Å². The first kappa shape index (κ1) is 22.1. The number of hydrogen-bond acceptors (Lipinski definition) is 7. The molecule has 0 unspecified atom stereocenters. The van der Waals surface area contributed by atoms with Crippen LogP contribution in [0.15, 0.2) is 34.0 Å². The van der Waals surface area contributed by atoms with Gasteiger partial charge in [-0.1, -0.05) is 0 Å². The van der Waals surface area contributed by atoms with E-state index in [1.165, 1.54) is 12.5 Å². The molecule has 0 radical (unpaired) electrons. The highest BCUT2D eigenvalue weighted by atomic mass is 19.3. The van der Waals surface area contributed by atoms with Crippen LogP contribution in [-0.4, -0.2) is 41.0 Å². The van der Waals surface area contributed by atoms with Crippen LogP contribution in [0, 0.1) is 5.82 Å². The van der Waals surface area contributed by atoms with E-state index in [0.717, 1.165) is 31.9 Å². The van der Waals surface area contributed by atoms with E-state index >= 15 is 0 Å². The first-order valence-corrected chi connectivity index (χ1v) is 9.11. The highest BCUT2D eigenvalue weighted by molar-refractivity contribution is 6.03. The minimum Gasteiger partial charge on any atom is -0.483 e. The summed E-state index contributed by atoms with van der Waals surface area (Å²) >= 11 is 0. The highest BCUT2D eigenvalue weighted by Crippen LogP contribution is 2.45. The molecule has 0 saturated heterocycles. The van der Waals surface area contributed by atoms with Gasteiger partial charge in [0, 0.05) is 17.2 Å². The Balaban J connectivity index is 0.000000858. The van der Waals surface area contributed by atoms with E-state index in [4.69, 9.17) is 20.1 Å². The number of nitrogens with two attached hydrogens (primary N) is 1. The van der Waals surface area contributed by atoms with Crippen LogP contribution in [0.2, 0.25) is 0 Å². The number of amides is 1. The molecule has 1 aromatic carbocycles. The highest BCUT2D eigenvalue weighted by Gasteiger charge is 2.56. The van der Waals surface area contributed by atoms with Crippen LogP contribution in [0.25, 0.3) is 0 Å². The van der Waals surface area contributed by atoms with Gasteiger partial charge >= 0.3 is 5.92 Å². The van der Waals surface area contributed by atoms with Crippen LogP contribution in [0.4, 0.5) is 18.9 Å². The number of carboxylic acid groups (broad SMARTS) is 1. The SMILES string of the molecule is C[C@]1(c2cc(NC(=O)c3ncoc3C3CC3)ccc2F)N=C(N)OCC1(F)F.O=CO. The molecule has 1 saturated carbocycles. The number of nitrogens with zero attached hydrogens (tertiary/aromatic N) is 2. The summed E-state index contributed by atoms with van der Waals surface area (Å²) in [5, 5.41) is 9.43. The van der Waals surface area contributed by atoms with Crippen molar-refractivity contribution in [2.75, 3.05) is 11.9 Å².